The highest BCUT2D eigenvalue weighted by atomic mass is 32.1. The van der Waals surface area contributed by atoms with Gasteiger partial charge in [-0.25, -0.2) is 0 Å². The normalized spacial score (nSPS) is 17.9. The summed E-state index contributed by atoms with van der Waals surface area (Å²) in [6.07, 6.45) is 6.08. The molecular formula is C13H19NOS. The second-order valence-corrected chi connectivity index (χ2v) is 5.47. The maximum Gasteiger partial charge on any atom is 0.0914 e. The van der Waals surface area contributed by atoms with Crippen LogP contribution in [0, 0.1) is 0 Å². The molecule has 1 aromatic rings. The van der Waals surface area contributed by atoms with Crippen LogP contribution in [0.25, 0.3) is 6.08 Å². The van der Waals surface area contributed by atoms with Crippen molar-refractivity contribution in [3.05, 3.63) is 22.6 Å². The van der Waals surface area contributed by atoms with Gasteiger partial charge in [0.2, 0.25) is 0 Å². The molecule has 0 aliphatic carbocycles. The van der Waals surface area contributed by atoms with E-state index in [4.69, 9.17) is 5.11 Å². The Morgan fingerprint density at radius 1 is 1.38 bits per heavy atom. The lowest BCUT2D eigenvalue weighted by molar-refractivity contribution is 0.332. The van der Waals surface area contributed by atoms with Crippen molar-refractivity contribution in [2.24, 2.45) is 0 Å². The second kappa shape index (κ2) is 5.51. The minimum atomic E-state index is 0.150. The molecule has 0 unspecified atom stereocenters. The van der Waals surface area contributed by atoms with Gasteiger partial charge in [0.25, 0.3) is 0 Å². The highest BCUT2D eigenvalue weighted by Crippen LogP contribution is 2.29. The van der Waals surface area contributed by atoms with Crippen LogP contribution in [0.5, 0.6) is 0 Å². The number of piperidine rings is 1. The molecule has 0 radical (unpaired) electrons. The maximum atomic E-state index is 8.98. The van der Waals surface area contributed by atoms with Gasteiger partial charge in [-0.15, -0.1) is 11.3 Å². The Morgan fingerprint density at radius 2 is 2.12 bits per heavy atom. The summed E-state index contributed by atoms with van der Waals surface area (Å²) in [6, 6.07) is 4.35. The lowest BCUT2D eigenvalue weighted by Crippen LogP contribution is -2.28. The number of nitrogens with zero attached hydrogens (tertiary/aromatic N) is 1. The Morgan fingerprint density at radius 3 is 2.81 bits per heavy atom. The molecule has 2 rings (SSSR count). The standard InChI is InChI=1S/C13H19NOS/c1-11(10-15)9-12-5-6-13(16-12)14-7-3-2-4-8-14/h5-6,9,15H,2-4,7-8,10H2,1H3. The SMILES string of the molecule is CC(=Cc1ccc(N2CCCCC2)s1)CO. The summed E-state index contributed by atoms with van der Waals surface area (Å²) >= 11 is 1.82. The molecule has 0 aromatic carbocycles. The molecule has 1 aliphatic heterocycles. The quantitative estimate of drug-likeness (QED) is 0.873. The van der Waals surface area contributed by atoms with Crippen LogP contribution in [0.15, 0.2) is 17.7 Å². The molecule has 1 N–H and O–H groups in total. The first-order valence-electron chi connectivity index (χ1n) is 5.92. The average Bonchev–Trinajstić information content (AvgIpc) is 2.78. The summed E-state index contributed by atoms with van der Waals surface area (Å²) in [5.74, 6) is 0. The molecule has 2 nitrogen and oxygen atoms in total. The van der Waals surface area contributed by atoms with Crippen LogP contribution in [0.4, 0.5) is 5.00 Å². The van der Waals surface area contributed by atoms with Gasteiger partial charge in [0, 0.05) is 18.0 Å². The third-order valence-electron chi connectivity index (χ3n) is 2.92. The molecule has 0 saturated carbocycles. The Kier molecular flexibility index (Phi) is 4.02. The molecule has 0 amide bonds. The molecule has 0 atom stereocenters. The van der Waals surface area contributed by atoms with E-state index in [1.54, 1.807) is 0 Å². The molecule has 1 fully saturated rings. The van der Waals surface area contributed by atoms with Gasteiger partial charge in [-0.1, -0.05) is 0 Å². The zero-order chi connectivity index (χ0) is 11.4. The molecule has 16 heavy (non-hydrogen) atoms. The van der Waals surface area contributed by atoms with E-state index in [-0.39, 0.29) is 6.61 Å². The predicted molar refractivity (Wildman–Crippen MR) is 71.1 cm³/mol. The molecule has 1 aromatic heterocycles. The van der Waals surface area contributed by atoms with Crippen molar-refractivity contribution in [1.29, 1.82) is 0 Å². The highest BCUT2D eigenvalue weighted by Gasteiger charge is 2.12. The lowest BCUT2D eigenvalue weighted by Gasteiger charge is -2.27. The minimum absolute atomic E-state index is 0.150. The highest BCUT2D eigenvalue weighted by molar-refractivity contribution is 7.16. The van der Waals surface area contributed by atoms with Crippen LogP contribution in [-0.4, -0.2) is 24.8 Å². The summed E-state index contributed by atoms with van der Waals surface area (Å²) in [4.78, 5) is 3.71. The number of thiophene rings is 1. The van der Waals surface area contributed by atoms with Crippen LogP contribution in [0.3, 0.4) is 0 Å². The molecule has 88 valence electrons. The smallest absolute Gasteiger partial charge is 0.0914 e. The summed E-state index contributed by atoms with van der Waals surface area (Å²) in [5, 5.41) is 10.3. The van der Waals surface area contributed by atoms with Crippen molar-refractivity contribution >= 4 is 22.4 Å². The molecule has 3 heteroatoms. The van der Waals surface area contributed by atoms with Crippen molar-refractivity contribution in [3.63, 3.8) is 0 Å². The first-order chi connectivity index (χ1) is 7.79. The number of hydrogen-bond donors (Lipinski definition) is 1. The molecule has 0 bridgehead atoms. The van der Waals surface area contributed by atoms with E-state index in [1.807, 2.05) is 18.3 Å². The van der Waals surface area contributed by atoms with Crippen molar-refractivity contribution in [3.8, 4) is 0 Å². The maximum absolute atomic E-state index is 8.98. The van der Waals surface area contributed by atoms with E-state index in [0.717, 1.165) is 5.57 Å². The fourth-order valence-corrected chi connectivity index (χ4v) is 3.08. The third-order valence-corrected chi connectivity index (χ3v) is 4.01. The Bertz CT molecular complexity index is 364. The monoisotopic (exact) mass is 237 g/mol. The largest absolute Gasteiger partial charge is 0.392 e. The van der Waals surface area contributed by atoms with E-state index in [0.29, 0.717) is 0 Å². The number of rotatable bonds is 3. The Labute approximate surface area is 101 Å². The zero-order valence-corrected chi connectivity index (χ0v) is 10.6. The number of aliphatic hydroxyl groups is 1. The molecule has 2 heterocycles. The molecule has 0 spiro atoms. The average molecular weight is 237 g/mol. The van der Waals surface area contributed by atoms with Crippen molar-refractivity contribution < 1.29 is 5.11 Å². The van der Waals surface area contributed by atoms with Crippen LogP contribution in [-0.2, 0) is 0 Å². The van der Waals surface area contributed by atoms with Gasteiger partial charge in [0.1, 0.15) is 0 Å². The van der Waals surface area contributed by atoms with Crippen LogP contribution < -0.4 is 4.90 Å². The predicted octanol–water partition coefficient (Wildman–Crippen LogP) is 3.13. The summed E-state index contributed by atoms with van der Waals surface area (Å²) in [5.41, 5.74) is 1.02. The fraction of sp³-hybridized carbons (Fsp3) is 0.538. The number of aliphatic hydroxyl groups excluding tert-OH is 1. The van der Waals surface area contributed by atoms with Crippen molar-refractivity contribution in [2.75, 3.05) is 24.6 Å². The van der Waals surface area contributed by atoms with Gasteiger partial charge in [-0.3, -0.25) is 0 Å². The first-order valence-corrected chi connectivity index (χ1v) is 6.74. The summed E-state index contributed by atoms with van der Waals surface area (Å²) in [7, 11) is 0. The lowest BCUT2D eigenvalue weighted by atomic mass is 10.1. The van der Waals surface area contributed by atoms with E-state index in [9.17, 15) is 0 Å². The first kappa shape index (κ1) is 11.7. The Hall–Kier alpha value is -0.800. The van der Waals surface area contributed by atoms with Gasteiger partial charge in [-0.05, 0) is 50.0 Å². The fourth-order valence-electron chi connectivity index (χ4n) is 1.99. The van der Waals surface area contributed by atoms with Gasteiger partial charge in [-0.2, -0.15) is 0 Å². The number of hydrogen-bond acceptors (Lipinski definition) is 3. The molecule has 1 aliphatic rings. The van der Waals surface area contributed by atoms with Gasteiger partial charge in [0.05, 0.1) is 11.6 Å². The van der Waals surface area contributed by atoms with Crippen molar-refractivity contribution in [1.82, 2.24) is 0 Å². The molecular weight excluding hydrogens is 218 g/mol. The van der Waals surface area contributed by atoms with E-state index < -0.39 is 0 Å². The van der Waals surface area contributed by atoms with Crippen LogP contribution in [0.1, 0.15) is 31.1 Å². The second-order valence-electron chi connectivity index (χ2n) is 4.37. The summed E-state index contributed by atoms with van der Waals surface area (Å²) in [6.45, 7) is 4.50. The van der Waals surface area contributed by atoms with Gasteiger partial charge >= 0.3 is 0 Å². The van der Waals surface area contributed by atoms with Crippen LogP contribution in [0.2, 0.25) is 0 Å². The van der Waals surface area contributed by atoms with Gasteiger partial charge < -0.3 is 10.0 Å². The van der Waals surface area contributed by atoms with E-state index in [1.165, 1.54) is 42.2 Å². The summed E-state index contributed by atoms with van der Waals surface area (Å²) < 4.78 is 0. The van der Waals surface area contributed by atoms with Gasteiger partial charge in [0.15, 0.2) is 0 Å². The Balaban J connectivity index is 2.06. The molecule has 1 saturated heterocycles. The van der Waals surface area contributed by atoms with E-state index in [2.05, 4.69) is 23.1 Å². The zero-order valence-electron chi connectivity index (χ0n) is 9.78. The van der Waals surface area contributed by atoms with E-state index >= 15 is 0 Å². The van der Waals surface area contributed by atoms with Crippen molar-refractivity contribution in [2.45, 2.75) is 26.2 Å². The third kappa shape index (κ3) is 2.86. The minimum Gasteiger partial charge on any atom is -0.392 e. The number of anilines is 1. The van der Waals surface area contributed by atoms with Crippen LogP contribution >= 0.6 is 11.3 Å². The topological polar surface area (TPSA) is 23.5 Å².